The van der Waals surface area contributed by atoms with Gasteiger partial charge < -0.3 is 0 Å². The minimum absolute atomic E-state index is 0.219. The van der Waals surface area contributed by atoms with Crippen molar-refractivity contribution in [3.63, 3.8) is 0 Å². The molecule has 0 bridgehead atoms. The average Bonchev–Trinajstić information content (AvgIpc) is 2.57. The van der Waals surface area contributed by atoms with Gasteiger partial charge in [-0.3, -0.25) is 0 Å². The molecular formula is C16H16AsCl2FN3O. The van der Waals surface area contributed by atoms with E-state index in [1.807, 2.05) is 0 Å². The number of nitrogens with zero attached hydrogens (tertiary/aromatic N) is 2. The molecule has 1 fully saturated rings. The molecule has 0 aromatic carbocycles. The van der Waals surface area contributed by atoms with E-state index in [0.717, 1.165) is 31.3 Å². The van der Waals surface area contributed by atoms with Crippen LogP contribution in [0.2, 0.25) is 15.3 Å². The van der Waals surface area contributed by atoms with E-state index < -0.39 is 0 Å². The topological polar surface area (TPSA) is 61.0 Å². The Hall–Kier alpha value is -0.872. The van der Waals surface area contributed by atoms with Crippen LogP contribution < -0.4 is 10.2 Å². The van der Waals surface area contributed by atoms with Crippen LogP contribution >= 0.6 is 23.2 Å². The van der Waals surface area contributed by atoms with Gasteiger partial charge in [0.2, 0.25) is 0 Å². The van der Waals surface area contributed by atoms with E-state index >= 15 is 0 Å². The van der Waals surface area contributed by atoms with Crippen molar-refractivity contribution in [1.29, 1.82) is 0 Å². The predicted octanol–water partition coefficient (Wildman–Crippen LogP) is 3.35. The van der Waals surface area contributed by atoms with E-state index in [1.165, 1.54) is 12.3 Å². The number of pyridine rings is 2. The molecule has 0 unspecified atom stereocenters. The monoisotopic (exact) mass is 430 g/mol. The SMILES string of the molecule is Nc1cc(-c2nc([As]CC3CCOCC3)c(F)cc2Cl)c(Cl)cn1. The zero-order valence-electron chi connectivity index (χ0n) is 12.8. The van der Waals surface area contributed by atoms with Crippen LogP contribution in [-0.4, -0.2) is 38.9 Å². The molecule has 0 atom stereocenters. The summed E-state index contributed by atoms with van der Waals surface area (Å²) < 4.78 is 20.1. The molecule has 2 N–H and O–H groups in total. The van der Waals surface area contributed by atoms with Crippen LogP contribution in [0.15, 0.2) is 18.3 Å². The molecule has 127 valence electrons. The molecule has 24 heavy (non-hydrogen) atoms. The summed E-state index contributed by atoms with van der Waals surface area (Å²) in [5.74, 6) is 0.543. The zero-order valence-corrected chi connectivity index (χ0v) is 16.2. The zero-order chi connectivity index (χ0) is 17.1. The molecule has 0 aliphatic carbocycles. The number of nitrogens with two attached hydrogens (primary N) is 1. The van der Waals surface area contributed by atoms with Crippen LogP contribution in [-0.2, 0) is 4.74 Å². The second-order valence-corrected chi connectivity index (χ2v) is 8.74. The van der Waals surface area contributed by atoms with Gasteiger partial charge in [-0.05, 0) is 0 Å². The second-order valence-electron chi connectivity index (χ2n) is 5.61. The molecule has 3 rings (SSSR count). The molecule has 4 nitrogen and oxygen atoms in total. The molecule has 0 spiro atoms. The summed E-state index contributed by atoms with van der Waals surface area (Å²) in [5, 5.41) is 1.57. The van der Waals surface area contributed by atoms with Crippen molar-refractivity contribution in [1.82, 2.24) is 9.97 Å². The van der Waals surface area contributed by atoms with Gasteiger partial charge in [-0.15, -0.1) is 0 Å². The van der Waals surface area contributed by atoms with Crippen LogP contribution in [0.1, 0.15) is 12.8 Å². The molecule has 8 heteroatoms. The van der Waals surface area contributed by atoms with Gasteiger partial charge >= 0.3 is 157 Å². The first-order chi connectivity index (χ1) is 11.5. The predicted molar refractivity (Wildman–Crippen MR) is 95.6 cm³/mol. The van der Waals surface area contributed by atoms with Gasteiger partial charge in [-0.2, -0.15) is 0 Å². The maximum atomic E-state index is 14.3. The number of rotatable bonds is 4. The first-order valence-electron chi connectivity index (χ1n) is 7.57. The molecule has 3 heterocycles. The number of hydrogen-bond acceptors (Lipinski definition) is 4. The summed E-state index contributed by atoms with van der Waals surface area (Å²) in [6.07, 6.45) is 3.51. The Morgan fingerprint density at radius 1 is 1.25 bits per heavy atom. The Kier molecular flexibility index (Phi) is 5.98. The quantitative estimate of drug-likeness (QED) is 0.755. The van der Waals surface area contributed by atoms with Crippen LogP contribution in [0, 0.1) is 11.7 Å². The third kappa shape index (κ3) is 4.20. The molecular weight excluding hydrogens is 415 g/mol. The summed E-state index contributed by atoms with van der Waals surface area (Å²) in [6.45, 7) is 1.58. The number of hydrogen-bond donors (Lipinski definition) is 1. The van der Waals surface area contributed by atoms with Crippen molar-refractivity contribution in [2.45, 2.75) is 18.1 Å². The normalized spacial score (nSPS) is 16.1. The fourth-order valence-corrected chi connectivity index (χ4v) is 5.45. The van der Waals surface area contributed by atoms with Crippen LogP contribution in [0.25, 0.3) is 11.3 Å². The first kappa shape index (κ1) is 17.9. The Balaban J connectivity index is 1.86. The summed E-state index contributed by atoms with van der Waals surface area (Å²) in [7, 11) is 0. The molecule has 1 radical (unpaired) electrons. The summed E-state index contributed by atoms with van der Waals surface area (Å²) >= 11 is 12.0. The Morgan fingerprint density at radius 3 is 2.75 bits per heavy atom. The Morgan fingerprint density at radius 2 is 2.00 bits per heavy atom. The Bertz CT molecular complexity index is 742. The van der Waals surface area contributed by atoms with Crippen LogP contribution in [0.3, 0.4) is 0 Å². The number of anilines is 1. The molecule has 1 saturated heterocycles. The molecule has 0 saturated carbocycles. The fraction of sp³-hybridized carbons (Fsp3) is 0.375. The van der Waals surface area contributed by atoms with Gasteiger partial charge in [0.05, 0.1) is 0 Å². The number of halogens is 3. The fourth-order valence-electron chi connectivity index (χ4n) is 2.54. The molecule has 1 aliphatic rings. The van der Waals surface area contributed by atoms with Gasteiger partial charge in [0.25, 0.3) is 0 Å². The number of nitrogen functional groups attached to an aromatic ring is 1. The summed E-state index contributed by atoms with van der Waals surface area (Å²) in [4.78, 5) is 8.39. The van der Waals surface area contributed by atoms with E-state index in [4.69, 9.17) is 33.7 Å². The van der Waals surface area contributed by atoms with Gasteiger partial charge in [0, 0.05) is 0 Å². The molecule has 0 amide bonds. The number of aromatic nitrogens is 2. The average molecular weight is 431 g/mol. The van der Waals surface area contributed by atoms with Crippen molar-refractivity contribution in [3.8, 4) is 11.3 Å². The number of ether oxygens (including phenoxy) is 1. The third-order valence-corrected chi connectivity index (χ3v) is 7.22. The first-order valence-corrected chi connectivity index (χ1v) is 10.6. The standard InChI is InChI=1S/C16H16AsCl2FN3O/c18-11-6-13(20)16(17-7-9-1-3-24-4-2-9)23-15(11)10-5-14(21)22-8-12(10)19/h5-6,8-9H,1-4,7H2,(H2,21,22). The van der Waals surface area contributed by atoms with Crippen molar-refractivity contribution >= 4 is 49.3 Å². The maximum absolute atomic E-state index is 14.3. The van der Waals surface area contributed by atoms with Crippen molar-refractivity contribution in [3.05, 3.63) is 34.2 Å². The molecule has 1 aliphatic heterocycles. The minimum atomic E-state index is -0.387. The van der Waals surface area contributed by atoms with Gasteiger partial charge in [-0.25, -0.2) is 0 Å². The second kappa shape index (κ2) is 8.01. The Labute approximate surface area is 156 Å². The van der Waals surface area contributed by atoms with Crippen molar-refractivity contribution in [2.24, 2.45) is 5.92 Å². The van der Waals surface area contributed by atoms with Crippen molar-refractivity contribution < 1.29 is 9.13 Å². The van der Waals surface area contributed by atoms with Gasteiger partial charge in [-0.1, -0.05) is 0 Å². The van der Waals surface area contributed by atoms with Crippen LogP contribution in [0.4, 0.5) is 10.2 Å². The van der Waals surface area contributed by atoms with E-state index in [9.17, 15) is 4.39 Å². The summed E-state index contributed by atoms with van der Waals surface area (Å²) in [6, 6.07) is 2.92. The third-order valence-electron chi connectivity index (χ3n) is 3.88. The molecule has 2 aromatic heterocycles. The van der Waals surface area contributed by atoms with Gasteiger partial charge in [0.1, 0.15) is 0 Å². The molecule has 2 aromatic rings. The van der Waals surface area contributed by atoms with Crippen LogP contribution in [0.5, 0.6) is 0 Å². The summed E-state index contributed by atoms with van der Waals surface area (Å²) in [5.41, 5.74) is 6.74. The van der Waals surface area contributed by atoms with E-state index in [-0.39, 0.29) is 26.6 Å². The van der Waals surface area contributed by atoms with Gasteiger partial charge in [0.15, 0.2) is 0 Å². The van der Waals surface area contributed by atoms with E-state index in [2.05, 4.69) is 9.97 Å². The van der Waals surface area contributed by atoms with E-state index in [1.54, 1.807) is 6.07 Å². The van der Waals surface area contributed by atoms with Crippen molar-refractivity contribution in [2.75, 3.05) is 18.9 Å². The van der Waals surface area contributed by atoms with E-state index in [0.29, 0.717) is 32.5 Å².